The minimum atomic E-state index is -0.0502. The molecule has 0 bridgehead atoms. The van der Waals surface area contributed by atoms with E-state index in [-0.39, 0.29) is 12.0 Å². The highest BCUT2D eigenvalue weighted by molar-refractivity contribution is 7.11. The molecule has 0 spiro atoms. The highest BCUT2D eigenvalue weighted by Crippen LogP contribution is 2.29. The first kappa shape index (κ1) is 14.0. The molecule has 0 aliphatic heterocycles. The number of nitrogens with zero attached hydrogens (tertiary/aromatic N) is 1. The summed E-state index contributed by atoms with van der Waals surface area (Å²) in [6.07, 6.45) is 3.63. The summed E-state index contributed by atoms with van der Waals surface area (Å²) in [4.78, 5) is 6.22. The topological polar surface area (TPSA) is 45.2 Å². The van der Waals surface area contributed by atoms with Crippen LogP contribution in [0.25, 0.3) is 0 Å². The van der Waals surface area contributed by atoms with Crippen LogP contribution in [0.2, 0.25) is 0 Å². The van der Waals surface area contributed by atoms with Gasteiger partial charge in [-0.3, -0.25) is 0 Å². The zero-order valence-corrected chi connectivity index (χ0v) is 12.4. The van der Waals surface area contributed by atoms with Crippen LogP contribution in [0.4, 0.5) is 0 Å². The fourth-order valence-corrected chi connectivity index (χ4v) is 3.48. The summed E-state index contributed by atoms with van der Waals surface area (Å²) in [7, 11) is 0. The first-order valence-electron chi connectivity index (χ1n) is 6.79. The molecule has 1 heterocycles. The van der Waals surface area contributed by atoms with E-state index in [2.05, 4.69) is 26.1 Å². The van der Waals surface area contributed by atoms with E-state index in [0.29, 0.717) is 0 Å². The van der Waals surface area contributed by atoms with Gasteiger partial charge in [0.15, 0.2) is 0 Å². The smallest absolute Gasteiger partial charge is 0.107 e. The van der Waals surface area contributed by atoms with E-state index < -0.39 is 0 Å². The number of hydrogen-bond acceptors (Lipinski definition) is 4. The molecule has 1 atom stereocenters. The number of rotatable bonds is 5. The molecule has 18 heavy (non-hydrogen) atoms. The van der Waals surface area contributed by atoms with Crippen LogP contribution in [0, 0.1) is 11.3 Å². The number of aryl methyl sites for hydroxylation is 1. The summed E-state index contributed by atoms with van der Waals surface area (Å²) >= 11 is 1.86. The maximum absolute atomic E-state index is 9.20. The number of aromatic nitrogens is 1. The van der Waals surface area contributed by atoms with Crippen LogP contribution in [-0.4, -0.2) is 23.2 Å². The molecule has 0 aromatic carbocycles. The van der Waals surface area contributed by atoms with Gasteiger partial charge in [-0.25, -0.2) is 4.98 Å². The fraction of sp³-hybridized carbons (Fsp3) is 0.786. The summed E-state index contributed by atoms with van der Waals surface area (Å²) in [5, 5.41) is 13.8. The molecule has 3 nitrogen and oxygen atoms in total. The minimum Gasteiger partial charge on any atom is -0.396 e. The second kappa shape index (κ2) is 5.68. The predicted octanol–water partition coefficient (Wildman–Crippen LogP) is 2.38. The van der Waals surface area contributed by atoms with Crippen LogP contribution >= 0.6 is 11.3 Å². The van der Waals surface area contributed by atoms with Gasteiger partial charge in [0.05, 0.1) is 5.69 Å². The lowest BCUT2D eigenvalue weighted by Gasteiger charge is -2.21. The normalized spacial score (nSPS) is 19.9. The molecule has 0 fully saturated rings. The van der Waals surface area contributed by atoms with E-state index in [1.54, 1.807) is 0 Å². The van der Waals surface area contributed by atoms with E-state index in [1.165, 1.54) is 28.4 Å². The van der Waals surface area contributed by atoms with Crippen molar-refractivity contribution in [1.82, 2.24) is 10.3 Å². The van der Waals surface area contributed by atoms with Gasteiger partial charge in [-0.2, -0.15) is 0 Å². The number of hydrogen-bond donors (Lipinski definition) is 2. The summed E-state index contributed by atoms with van der Waals surface area (Å²) in [5.74, 6) is 0.812. The van der Waals surface area contributed by atoms with Crippen LogP contribution in [0.3, 0.4) is 0 Å². The Balaban J connectivity index is 1.88. The van der Waals surface area contributed by atoms with Crippen molar-refractivity contribution in [3.63, 3.8) is 0 Å². The SMILES string of the molecule is CC1CCc2nc(CNCC(C)(C)CO)sc2C1. The van der Waals surface area contributed by atoms with Crippen LogP contribution in [0.1, 0.15) is 42.8 Å². The van der Waals surface area contributed by atoms with Crippen molar-refractivity contribution in [3.8, 4) is 0 Å². The zero-order chi connectivity index (χ0) is 13.2. The van der Waals surface area contributed by atoms with Crippen LogP contribution in [-0.2, 0) is 19.4 Å². The van der Waals surface area contributed by atoms with Gasteiger partial charge in [-0.15, -0.1) is 11.3 Å². The van der Waals surface area contributed by atoms with Crippen molar-refractivity contribution in [2.24, 2.45) is 11.3 Å². The predicted molar refractivity (Wildman–Crippen MR) is 75.9 cm³/mol. The van der Waals surface area contributed by atoms with Gasteiger partial charge in [0, 0.05) is 30.0 Å². The maximum atomic E-state index is 9.20. The summed E-state index contributed by atoms with van der Waals surface area (Å²) in [6.45, 7) is 8.32. The van der Waals surface area contributed by atoms with Gasteiger partial charge in [-0.05, 0) is 25.2 Å². The number of aliphatic hydroxyl groups is 1. The molecule has 4 heteroatoms. The summed E-state index contributed by atoms with van der Waals surface area (Å²) in [6, 6.07) is 0. The van der Waals surface area contributed by atoms with Crippen LogP contribution < -0.4 is 5.32 Å². The van der Waals surface area contributed by atoms with Crippen LogP contribution in [0.5, 0.6) is 0 Å². The molecule has 1 unspecified atom stereocenters. The van der Waals surface area contributed by atoms with Crippen molar-refractivity contribution < 1.29 is 5.11 Å². The Kier molecular flexibility index (Phi) is 4.41. The second-order valence-electron chi connectivity index (χ2n) is 6.25. The Morgan fingerprint density at radius 1 is 1.50 bits per heavy atom. The third-order valence-electron chi connectivity index (χ3n) is 3.54. The summed E-state index contributed by atoms with van der Waals surface area (Å²) < 4.78 is 0. The molecule has 102 valence electrons. The van der Waals surface area contributed by atoms with E-state index in [1.807, 2.05) is 11.3 Å². The lowest BCUT2D eigenvalue weighted by molar-refractivity contribution is 0.156. The second-order valence-corrected chi connectivity index (χ2v) is 7.42. The molecule has 0 amide bonds. The number of nitrogens with one attached hydrogen (secondary N) is 1. The molecule has 2 N–H and O–H groups in total. The molecule has 0 radical (unpaired) electrons. The Morgan fingerprint density at radius 2 is 2.28 bits per heavy atom. The van der Waals surface area contributed by atoms with E-state index >= 15 is 0 Å². The van der Waals surface area contributed by atoms with Crippen molar-refractivity contribution in [2.75, 3.05) is 13.2 Å². The highest BCUT2D eigenvalue weighted by atomic mass is 32.1. The average Bonchev–Trinajstić information content (AvgIpc) is 2.70. The maximum Gasteiger partial charge on any atom is 0.107 e. The molecule has 0 saturated heterocycles. The van der Waals surface area contributed by atoms with Crippen LogP contribution in [0.15, 0.2) is 0 Å². The monoisotopic (exact) mass is 268 g/mol. The Morgan fingerprint density at radius 3 is 3.00 bits per heavy atom. The first-order valence-corrected chi connectivity index (χ1v) is 7.61. The molecule has 1 aliphatic rings. The van der Waals surface area contributed by atoms with E-state index in [4.69, 9.17) is 4.98 Å². The number of fused-ring (bicyclic) bond motifs is 1. The van der Waals surface area contributed by atoms with Gasteiger partial charge < -0.3 is 10.4 Å². The molecule has 1 aromatic heterocycles. The lowest BCUT2D eigenvalue weighted by Crippen LogP contribution is -2.31. The first-order chi connectivity index (χ1) is 8.50. The number of thiazole rings is 1. The van der Waals surface area contributed by atoms with Gasteiger partial charge in [-0.1, -0.05) is 20.8 Å². The number of aliphatic hydroxyl groups excluding tert-OH is 1. The van der Waals surface area contributed by atoms with Crippen molar-refractivity contribution in [3.05, 3.63) is 15.6 Å². The van der Waals surface area contributed by atoms with Crippen molar-refractivity contribution in [1.29, 1.82) is 0 Å². The Bertz CT molecular complexity index is 400. The zero-order valence-electron chi connectivity index (χ0n) is 11.6. The third kappa shape index (κ3) is 3.53. The molecule has 2 rings (SSSR count). The van der Waals surface area contributed by atoms with Gasteiger partial charge in [0.1, 0.15) is 5.01 Å². The molecule has 1 aromatic rings. The molecule has 1 aliphatic carbocycles. The Labute approximate surface area is 114 Å². The fourth-order valence-electron chi connectivity index (χ4n) is 2.23. The quantitative estimate of drug-likeness (QED) is 0.862. The van der Waals surface area contributed by atoms with E-state index in [9.17, 15) is 5.11 Å². The van der Waals surface area contributed by atoms with E-state index in [0.717, 1.165) is 25.4 Å². The van der Waals surface area contributed by atoms with Gasteiger partial charge >= 0.3 is 0 Å². The largest absolute Gasteiger partial charge is 0.396 e. The minimum absolute atomic E-state index is 0.0502. The Hall–Kier alpha value is -0.450. The van der Waals surface area contributed by atoms with Crippen molar-refractivity contribution >= 4 is 11.3 Å². The molecule has 0 saturated carbocycles. The lowest BCUT2D eigenvalue weighted by atomic mass is 9.93. The highest BCUT2D eigenvalue weighted by Gasteiger charge is 2.20. The third-order valence-corrected chi connectivity index (χ3v) is 4.66. The van der Waals surface area contributed by atoms with Gasteiger partial charge in [0.2, 0.25) is 0 Å². The summed E-state index contributed by atoms with van der Waals surface area (Å²) in [5.41, 5.74) is 1.28. The molecular weight excluding hydrogens is 244 g/mol. The average molecular weight is 268 g/mol. The standard InChI is InChI=1S/C14H24N2OS/c1-10-4-5-11-12(6-10)18-13(16-11)7-15-8-14(2,3)9-17/h10,15,17H,4-9H2,1-3H3. The van der Waals surface area contributed by atoms with Gasteiger partial charge in [0.25, 0.3) is 0 Å². The van der Waals surface area contributed by atoms with Crippen molar-refractivity contribution in [2.45, 2.75) is 46.6 Å². The molecular formula is C14H24N2OS.